The fraction of sp³-hybridized carbons (Fsp3) is 0.478. The maximum absolute atomic E-state index is 13.0. The van der Waals surface area contributed by atoms with Crippen molar-refractivity contribution in [1.29, 1.82) is 0 Å². The Morgan fingerprint density at radius 2 is 1.83 bits per heavy atom. The number of carbonyl (C=O) groups is 2. The van der Waals surface area contributed by atoms with Gasteiger partial charge in [-0.2, -0.15) is 0 Å². The summed E-state index contributed by atoms with van der Waals surface area (Å²) in [5.74, 6) is 0.00435. The van der Waals surface area contributed by atoms with Gasteiger partial charge in [0.1, 0.15) is 11.5 Å². The van der Waals surface area contributed by atoms with Gasteiger partial charge in [0.05, 0.1) is 30.0 Å². The number of nitrogens with one attached hydrogen (secondary N) is 1. The van der Waals surface area contributed by atoms with Crippen LogP contribution in [0.15, 0.2) is 24.5 Å². The highest BCUT2D eigenvalue weighted by Crippen LogP contribution is 2.49. The number of benzene rings is 1. The molecule has 2 aliphatic rings. The first kappa shape index (κ1) is 19.7. The Kier molecular flexibility index (Phi) is 5.21. The van der Waals surface area contributed by atoms with E-state index < -0.39 is 0 Å². The molecule has 4 unspecified atom stereocenters. The van der Waals surface area contributed by atoms with Gasteiger partial charge in [-0.3, -0.25) is 14.6 Å². The largest absolute Gasteiger partial charge is 0.368 e. The van der Waals surface area contributed by atoms with Crippen LogP contribution in [-0.4, -0.2) is 40.4 Å². The van der Waals surface area contributed by atoms with Crippen molar-refractivity contribution in [2.24, 2.45) is 5.92 Å². The van der Waals surface area contributed by atoms with Crippen molar-refractivity contribution in [3.05, 3.63) is 58.2 Å². The van der Waals surface area contributed by atoms with Gasteiger partial charge in [0.25, 0.3) is 5.91 Å². The number of fused-ring (bicyclic) bond motifs is 1. The minimum absolute atomic E-state index is 0.0278. The molecule has 6 heteroatoms. The molecule has 1 aromatic heterocycles. The summed E-state index contributed by atoms with van der Waals surface area (Å²) < 4.78 is 5.97. The number of Topliss-reactive ketones (excluding diaryl/α,β-unsaturated/α-hetero) is 1. The lowest BCUT2D eigenvalue weighted by atomic mass is 9.74. The van der Waals surface area contributed by atoms with Gasteiger partial charge >= 0.3 is 0 Å². The van der Waals surface area contributed by atoms with Gasteiger partial charge in [0.15, 0.2) is 0 Å². The number of carbonyl (C=O) groups excluding carboxylic acids is 2. The van der Waals surface area contributed by atoms with Gasteiger partial charge in [-0.05, 0) is 56.7 Å². The molecule has 0 spiro atoms. The summed E-state index contributed by atoms with van der Waals surface area (Å²) in [5, 5.41) is 2.88. The molecule has 2 aromatic rings. The zero-order valence-corrected chi connectivity index (χ0v) is 17.4. The summed E-state index contributed by atoms with van der Waals surface area (Å²) in [6.07, 6.45) is 4.35. The molecule has 0 radical (unpaired) electrons. The number of hydrogen-bond acceptors (Lipinski definition) is 5. The number of aryl methyl sites for hydroxylation is 4. The van der Waals surface area contributed by atoms with Gasteiger partial charge in [-0.25, -0.2) is 4.98 Å². The first-order valence-electron chi connectivity index (χ1n) is 10.2. The zero-order valence-electron chi connectivity index (χ0n) is 17.4. The van der Waals surface area contributed by atoms with Gasteiger partial charge < -0.3 is 10.1 Å². The fourth-order valence-corrected chi connectivity index (χ4v) is 4.71. The van der Waals surface area contributed by atoms with Crippen LogP contribution in [0.2, 0.25) is 0 Å². The molecular weight excluding hydrogens is 366 g/mol. The lowest BCUT2D eigenvalue weighted by molar-refractivity contribution is -0.122. The summed E-state index contributed by atoms with van der Waals surface area (Å²) in [4.78, 5) is 33.4. The highest BCUT2D eigenvalue weighted by molar-refractivity contribution is 5.92. The van der Waals surface area contributed by atoms with Crippen molar-refractivity contribution in [3.63, 3.8) is 0 Å². The van der Waals surface area contributed by atoms with Crippen molar-refractivity contribution >= 4 is 11.7 Å². The first-order chi connectivity index (χ1) is 13.8. The molecule has 1 saturated heterocycles. The third-order valence-electron chi connectivity index (χ3n) is 6.03. The average molecular weight is 393 g/mol. The number of aromatic nitrogens is 2. The minimum atomic E-state index is -0.239. The quantitative estimate of drug-likeness (QED) is 0.790. The van der Waals surface area contributed by atoms with E-state index in [0.29, 0.717) is 18.7 Å². The number of amides is 1. The summed E-state index contributed by atoms with van der Waals surface area (Å²) in [5.41, 5.74) is 5.76. The van der Waals surface area contributed by atoms with E-state index in [9.17, 15) is 9.59 Å². The lowest BCUT2D eigenvalue weighted by Gasteiger charge is -2.26. The van der Waals surface area contributed by atoms with Crippen LogP contribution >= 0.6 is 0 Å². The Morgan fingerprint density at radius 1 is 1.10 bits per heavy atom. The first-order valence-corrected chi connectivity index (χ1v) is 10.2. The predicted octanol–water partition coefficient (Wildman–Crippen LogP) is 2.97. The Hall–Kier alpha value is -2.60. The highest BCUT2D eigenvalue weighted by Gasteiger charge is 2.56. The molecule has 6 nitrogen and oxygen atoms in total. The average Bonchev–Trinajstić information content (AvgIpc) is 3.44. The lowest BCUT2D eigenvalue weighted by Crippen LogP contribution is -2.34. The van der Waals surface area contributed by atoms with Crippen molar-refractivity contribution in [1.82, 2.24) is 15.3 Å². The third-order valence-corrected chi connectivity index (χ3v) is 6.03. The van der Waals surface area contributed by atoms with E-state index in [0.717, 1.165) is 17.7 Å². The molecule has 1 N–H and O–H groups in total. The monoisotopic (exact) mass is 393 g/mol. The Bertz CT molecular complexity index is 931. The number of rotatable bonds is 5. The predicted molar refractivity (Wildman–Crippen MR) is 109 cm³/mol. The maximum atomic E-state index is 13.0. The number of epoxide rings is 1. The van der Waals surface area contributed by atoms with Gasteiger partial charge in [0.2, 0.25) is 0 Å². The minimum Gasteiger partial charge on any atom is -0.368 e. The molecule has 2 heterocycles. The van der Waals surface area contributed by atoms with Crippen LogP contribution in [-0.2, 0) is 9.53 Å². The van der Waals surface area contributed by atoms with Gasteiger partial charge in [0, 0.05) is 19.2 Å². The smallest absolute Gasteiger partial charge is 0.271 e. The molecule has 1 saturated carbocycles. The van der Waals surface area contributed by atoms with Crippen LogP contribution in [0.25, 0.3) is 0 Å². The Balaban J connectivity index is 1.36. The second-order valence-electron chi connectivity index (χ2n) is 8.37. The van der Waals surface area contributed by atoms with Gasteiger partial charge in [-0.15, -0.1) is 0 Å². The van der Waals surface area contributed by atoms with E-state index >= 15 is 0 Å². The van der Waals surface area contributed by atoms with Gasteiger partial charge in [-0.1, -0.05) is 17.7 Å². The van der Waals surface area contributed by atoms with E-state index in [1.807, 2.05) is 6.92 Å². The Labute approximate surface area is 171 Å². The molecule has 1 aliphatic carbocycles. The fourth-order valence-electron chi connectivity index (χ4n) is 4.71. The second-order valence-corrected chi connectivity index (χ2v) is 8.37. The number of ketones is 1. The van der Waals surface area contributed by atoms with Crippen LogP contribution in [0.3, 0.4) is 0 Å². The molecule has 29 heavy (non-hydrogen) atoms. The number of hydrogen-bond donors (Lipinski definition) is 1. The normalized spacial score (nSPS) is 25.4. The van der Waals surface area contributed by atoms with Crippen molar-refractivity contribution in [2.75, 3.05) is 6.54 Å². The summed E-state index contributed by atoms with van der Waals surface area (Å²) in [6.45, 7) is 8.56. The van der Waals surface area contributed by atoms with Crippen LogP contribution in [0.1, 0.15) is 57.2 Å². The summed E-state index contributed by atoms with van der Waals surface area (Å²) >= 11 is 0. The molecule has 4 atom stereocenters. The molecular formula is C23H27N3O3. The molecule has 0 bridgehead atoms. The van der Waals surface area contributed by atoms with Crippen LogP contribution < -0.4 is 5.32 Å². The van der Waals surface area contributed by atoms with Crippen molar-refractivity contribution in [2.45, 2.75) is 58.7 Å². The van der Waals surface area contributed by atoms with Crippen LogP contribution in [0, 0.1) is 33.6 Å². The molecule has 1 aromatic carbocycles. The summed E-state index contributed by atoms with van der Waals surface area (Å²) in [7, 11) is 0. The second kappa shape index (κ2) is 7.67. The van der Waals surface area contributed by atoms with Crippen molar-refractivity contribution in [3.8, 4) is 0 Å². The highest BCUT2D eigenvalue weighted by atomic mass is 16.6. The standard InChI is InChI=1S/C23H27N3O3/c1-12-7-13(2)19(14(3)8-12)20-18(27)9-16(21-22(20)29-21)5-6-24-23(28)17-11-25-15(4)10-26-17/h7-8,10-11,16,20-22H,5-6,9H2,1-4H3,(H,24,28). The van der Waals surface area contributed by atoms with E-state index in [2.05, 4.69) is 48.2 Å². The van der Waals surface area contributed by atoms with E-state index in [-0.39, 0.29) is 35.7 Å². The maximum Gasteiger partial charge on any atom is 0.271 e. The molecule has 2 fully saturated rings. The van der Waals surface area contributed by atoms with Crippen LogP contribution in [0.5, 0.6) is 0 Å². The third kappa shape index (κ3) is 3.94. The number of nitrogens with zero attached hydrogens (tertiary/aromatic N) is 2. The zero-order chi connectivity index (χ0) is 20.7. The molecule has 1 amide bonds. The number of ether oxygens (including phenoxy) is 1. The molecule has 4 rings (SSSR count). The molecule has 152 valence electrons. The van der Waals surface area contributed by atoms with Crippen LogP contribution in [0.4, 0.5) is 0 Å². The van der Waals surface area contributed by atoms with E-state index in [1.54, 1.807) is 6.20 Å². The van der Waals surface area contributed by atoms with Crippen molar-refractivity contribution < 1.29 is 14.3 Å². The topological polar surface area (TPSA) is 84.5 Å². The molecule has 1 aliphatic heterocycles. The Morgan fingerprint density at radius 3 is 2.48 bits per heavy atom. The summed E-state index contributed by atoms with van der Waals surface area (Å²) in [6, 6.07) is 4.28. The SMILES string of the molecule is Cc1cc(C)c(C2C(=O)CC(CCNC(=O)c3cnc(C)cn3)C3OC23)c(C)c1. The van der Waals surface area contributed by atoms with E-state index in [4.69, 9.17) is 4.74 Å². The van der Waals surface area contributed by atoms with E-state index in [1.165, 1.54) is 22.9 Å².